The number of hydrogen-bond acceptors (Lipinski definition) is 7. The van der Waals surface area contributed by atoms with Crippen molar-refractivity contribution in [3.63, 3.8) is 0 Å². The second-order valence-electron chi connectivity index (χ2n) is 8.58. The number of carbonyl (C=O) groups excluding carboxylic acids is 1. The monoisotopic (exact) mass is 495 g/mol. The van der Waals surface area contributed by atoms with E-state index in [2.05, 4.69) is 20.2 Å². The molecule has 35 heavy (non-hydrogen) atoms. The van der Waals surface area contributed by atoms with Gasteiger partial charge >= 0.3 is 6.01 Å². The predicted octanol–water partition coefficient (Wildman–Crippen LogP) is 4.07. The van der Waals surface area contributed by atoms with Crippen molar-refractivity contribution >= 4 is 27.3 Å². The molecule has 0 spiro atoms. The van der Waals surface area contributed by atoms with Crippen LogP contribution in [0.1, 0.15) is 35.2 Å². The van der Waals surface area contributed by atoms with Gasteiger partial charge in [-0.1, -0.05) is 0 Å². The molecule has 2 heterocycles. The summed E-state index contributed by atoms with van der Waals surface area (Å²) in [4.78, 5) is 23.8. The van der Waals surface area contributed by atoms with Crippen molar-refractivity contribution in [2.45, 2.75) is 31.1 Å². The molecular formula is C25H29N5O4S. The smallest absolute Gasteiger partial charge is 0.321 e. The van der Waals surface area contributed by atoms with E-state index in [4.69, 9.17) is 4.74 Å². The van der Waals surface area contributed by atoms with Gasteiger partial charge in [0.05, 0.1) is 10.5 Å². The molecule has 4 rings (SSSR count). The Balaban J connectivity index is 1.63. The van der Waals surface area contributed by atoms with Gasteiger partial charge in [0.1, 0.15) is 5.75 Å². The number of hydrogen-bond donors (Lipinski definition) is 1. The van der Waals surface area contributed by atoms with Gasteiger partial charge in [0.25, 0.3) is 5.91 Å². The van der Waals surface area contributed by atoms with Crippen LogP contribution in [0.2, 0.25) is 0 Å². The lowest BCUT2D eigenvalue weighted by Crippen LogP contribution is -2.32. The first-order valence-corrected chi connectivity index (χ1v) is 12.9. The maximum atomic E-state index is 13.5. The van der Waals surface area contributed by atoms with Gasteiger partial charge in [0.2, 0.25) is 10.0 Å². The Morgan fingerprint density at radius 1 is 1.03 bits per heavy atom. The van der Waals surface area contributed by atoms with Crippen molar-refractivity contribution < 1.29 is 17.9 Å². The van der Waals surface area contributed by atoms with Crippen LogP contribution in [0.25, 0.3) is 0 Å². The number of aromatic nitrogens is 2. The quantitative estimate of drug-likeness (QED) is 0.527. The molecule has 1 fully saturated rings. The lowest BCUT2D eigenvalue weighted by atomic mass is 10.1. The summed E-state index contributed by atoms with van der Waals surface area (Å²) in [7, 11) is -0.744. The topological polar surface area (TPSA) is 105 Å². The average molecular weight is 496 g/mol. The number of benzene rings is 2. The summed E-state index contributed by atoms with van der Waals surface area (Å²) in [5.74, 6) is 0.171. The van der Waals surface area contributed by atoms with Crippen molar-refractivity contribution in [2.24, 2.45) is 0 Å². The largest absolute Gasteiger partial charge is 0.424 e. The number of nitrogens with zero attached hydrogens (tertiary/aromatic N) is 4. The number of aryl methyl sites for hydroxylation is 1. The number of piperidine rings is 1. The SMILES string of the molecule is Cc1cc(Oc2ncccn2)ccc1NC(=O)c1cc(S(=O)(=O)N(C)C)ccc1N1CCCCC1. The van der Waals surface area contributed by atoms with E-state index in [1.165, 1.54) is 20.2 Å². The van der Waals surface area contributed by atoms with Crippen LogP contribution < -0.4 is 15.0 Å². The Bertz CT molecular complexity index is 1310. The molecule has 184 valence electrons. The Morgan fingerprint density at radius 2 is 1.74 bits per heavy atom. The van der Waals surface area contributed by atoms with E-state index in [0.717, 1.165) is 47.9 Å². The number of sulfonamides is 1. The lowest BCUT2D eigenvalue weighted by molar-refractivity contribution is 0.102. The molecule has 9 nitrogen and oxygen atoms in total. The molecular weight excluding hydrogens is 466 g/mol. The Hall–Kier alpha value is -3.50. The molecule has 1 aliphatic rings. The maximum Gasteiger partial charge on any atom is 0.321 e. The molecule has 0 unspecified atom stereocenters. The summed E-state index contributed by atoms with van der Waals surface area (Å²) in [6.07, 6.45) is 6.39. The van der Waals surface area contributed by atoms with Crippen molar-refractivity contribution in [3.8, 4) is 11.8 Å². The van der Waals surface area contributed by atoms with Gasteiger partial charge in [-0.25, -0.2) is 22.7 Å². The standard InChI is InChI=1S/C25H29N5O4S/c1-18-16-19(34-25-26-12-7-13-27-25)8-10-22(18)28-24(31)21-17-20(35(32,33)29(2)3)9-11-23(21)30-14-5-4-6-15-30/h7-13,16-17H,4-6,14-15H2,1-3H3,(H,28,31). The molecule has 3 aromatic rings. The van der Waals surface area contributed by atoms with Gasteiger partial charge in [-0.2, -0.15) is 0 Å². The number of nitrogens with one attached hydrogen (secondary N) is 1. The number of anilines is 2. The minimum Gasteiger partial charge on any atom is -0.424 e. The predicted molar refractivity (Wildman–Crippen MR) is 135 cm³/mol. The third kappa shape index (κ3) is 5.60. The molecule has 0 radical (unpaired) electrons. The van der Waals surface area contributed by atoms with Gasteiger partial charge < -0.3 is 15.0 Å². The molecule has 0 aliphatic carbocycles. The fourth-order valence-electron chi connectivity index (χ4n) is 3.95. The molecule has 1 saturated heterocycles. The number of carbonyl (C=O) groups is 1. The first-order valence-electron chi connectivity index (χ1n) is 11.4. The zero-order chi connectivity index (χ0) is 25.0. The number of ether oxygens (including phenoxy) is 1. The van der Waals surface area contributed by atoms with Gasteiger partial charge in [-0.05, 0) is 74.2 Å². The van der Waals surface area contributed by atoms with E-state index in [1.807, 2.05) is 6.92 Å². The summed E-state index contributed by atoms with van der Waals surface area (Å²) in [5.41, 5.74) is 2.44. The highest BCUT2D eigenvalue weighted by Gasteiger charge is 2.24. The second-order valence-corrected chi connectivity index (χ2v) is 10.7. The van der Waals surface area contributed by atoms with Crippen molar-refractivity contribution in [1.29, 1.82) is 0 Å². The van der Waals surface area contributed by atoms with Crippen LogP contribution in [0.3, 0.4) is 0 Å². The minimum absolute atomic E-state index is 0.0803. The zero-order valence-corrected chi connectivity index (χ0v) is 20.9. The normalized spacial score (nSPS) is 14.1. The highest BCUT2D eigenvalue weighted by Crippen LogP contribution is 2.30. The third-order valence-electron chi connectivity index (χ3n) is 5.89. The van der Waals surface area contributed by atoms with Crippen molar-refractivity contribution in [1.82, 2.24) is 14.3 Å². The van der Waals surface area contributed by atoms with Crippen LogP contribution in [0.4, 0.5) is 11.4 Å². The molecule has 1 amide bonds. The lowest BCUT2D eigenvalue weighted by Gasteiger charge is -2.30. The first-order chi connectivity index (χ1) is 16.8. The summed E-state index contributed by atoms with van der Waals surface area (Å²) in [6.45, 7) is 3.51. The van der Waals surface area contributed by atoms with E-state index in [9.17, 15) is 13.2 Å². The fourth-order valence-corrected chi connectivity index (χ4v) is 4.88. The number of amides is 1. The van der Waals surface area contributed by atoms with E-state index in [-0.39, 0.29) is 16.8 Å². The zero-order valence-electron chi connectivity index (χ0n) is 20.1. The van der Waals surface area contributed by atoms with E-state index in [1.54, 1.807) is 48.8 Å². The van der Waals surface area contributed by atoms with Gasteiger partial charge in [0.15, 0.2) is 0 Å². The summed E-state index contributed by atoms with van der Waals surface area (Å²) in [6, 6.07) is 11.9. The Kier molecular flexibility index (Phi) is 7.32. The average Bonchev–Trinajstić information content (AvgIpc) is 2.86. The molecule has 0 atom stereocenters. The molecule has 2 aromatic carbocycles. The Morgan fingerprint density at radius 3 is 2.40 bits per heavy atom. The van der Waals surface area contributed by atoms with Gasteiger partial charge in [-0.3, -0.25) is 4.79 Å². The van der Waals surface area contributed by atoms with Gasteiger partial charge in [0, 0.05) is 51.0 Å². The van der Waals surface area contributed by atoms with Crippen LogP contribution in [-0.4, -0.2) is 55.8 Å². The first kappa shape index (κ1) is 24.6. The van der Waals surface area contributed by atoms with Crippen LogP contribution >= 0.6 is 0 Å². The summed E-state index contributed by atoms with van der Waals surface area (Å²) in [5, 5.41) is 2.94. The van der Waals surface area contributed by atoms with Gasteiger partial charge in [-0.15, -0.1) is 0 Å². The van der Waals surface area contributed by atoms with Crippen molar-refractivity contribution in [2.75, 3.05) is 37.4 Å². The molecule has 0 bridgehead atoms. The van der Waals surface area contributed by atoms with E-state index in [0.29, 0.717) is 17.0 Å². The molecule has 0 saturated carbocycles. The highest BCUT2D eigenvalue weighted by molar-refractivity contribution is 7.89. The summed E-state index contributed by atoms with van der Waals surface area (Å²) < 4.78 is 32.3. The highest BCUT2D eigenvalue weighted by atomic mass is 32.2. The number of rotatable bonds is 7. The van der Waals surface area contributed by atoms with Crippen LogP contribution in [0.5, 0.6) is 11.8 Å². The van der Waals surface area contributed by atoms with Crippen LogP contribution in [0, 0.1) is 6.92 Å². The molecule has 10 heteroatoms. The molecule has 1 aromatic heterocycles. The fraction of sp³-hybridized carbons (Fsp3) is 0.320. The summed E-state index contributed by atoms with van der Waals surface area (Å²) >= 11 is 0. The van der Waals surface area contributed by atoms with Crippen LogP contribution in [0.15, 0.2) is 59.8 Å². The second kappa shape index (κ2) is 10.4. The third-order valence-corrected chi connectivity index (χ3v) is 7.70. The maximum absolute atomic E-state index is 13.5. The van der Waals surface area contributed by atoms with Crippen LogP contribution in [-0.2, 0) is 10.0 Å². The molecule has 1 N–H and O–H groups in total. The Labute approximate surface area is 205 Å². The van der Waals surface area contributed by atoms with E-state index < -0.39 is 10.0 Å². The molecule has 1 aliphatic heterocycles. The van der Waals surface area contributed by atoms with Crippen molar-refractivity contribution in [3.05, 3.63) is 66.0 Å². The van der Waals surface area contributed by atoms with E-state index >= 15 is 0 Å². The minimum atomic E-state index is -3.69.